The first-order valence-electron chi connectivity index (χ1n) is 6.80. The van der Waals surface area contributed by atoms with Gasteiger partial charge in [-0.3, -0.25) is 0 Å². The standard InChI is InChI=1S/C15H22FNO/c1-3-14-12(8-11-4-6-17-7-5-11)9-13(16)10-15(14)18-2/h9-11,17H,3-8H2,1-2H3. The van der Waals surface area contributed by atoms with E-state index in [0.717, 1.165) is 37.1 Å². The van der Waals surface area contributed by atoms with Crippen molar-refractivity contribution in [3.63, 3.8) is 0 Å². The summed E-state index contributed by atoms with van der Waals surface area (Å²) in [6.07, 6.45) is 4.23. The zero-order valence-electron chi connectivity index (χ0n) is 11.3. The van der Waals surface area contributed by atoms with Crippen LogP contribution in [-0.4, -0.2) is 20.2 Å². The number of benzene rings is 1. The molecule has 0 aromatic heterocycles. The van der Waals surface area contributed by atoms with Crippen LogP contribution in [0.2, 0.25) is 0 Å². The Labute approximate surface area is 109 Å². The number of piperidine rings is 1. The van der Waals surface area contributed by atoms with E-state index in [-0.39, 0.29) is 5.82 Å². The second-order valence-corrected chi connectivity index (χ2v) is 5.00. The van der Waals surface area contributed by atoms with Gasteiger partial charge >= 0.3 is 0 Å². The normalized spacial score (nSPS) is 16.8. The summed E-state index contributed by atoms with van der Waals surface area (Å²) in [6, 6.07) is 3.17. The van der Waals surface area contributed by atoms with E-state index in [1.165, 1.54) is 18.9 Å². The first-order valence-corrected chi connectivity index (χ1v) is 6.80. The zero-order chi connectivity index (χ0) is 13.0. The van der Waals surface area contributed by atoms with Crippen molar-refractivity contribution in [2.45, 2.75) is 32.6 Å². The molecule has 1 aliphatic rings. The van der Waals surface area contributed by atoms with Crippen LogP contribution in [-0.2, 0) is 12.8 Å². The Kier molecular flexibility index (Phi) is 4.59. The van der Waals surface area contributed by atoms with Crippen molar-refractivity contribution < 1.29 is 9.13 Å². The third-order valence-electron chi connectivity index (χ3n) is 3.81. The Morgan fingerprint density at radius 3 is 2.67 bits per heavy atom. The van der Waals surface area contributed by atoms with E-state index in [0.29, 0.717) is 11.7 Å². The highest BCUT2D eigenvalue weighted by Crippen LogP contribution is 2.28. The van der Waals surface area contributed by atoms with Crippen LogP contribution in [0.15, 0.2) is 12.1 Å². The third kappa shape index (κ3) is 3.02. The molecule has 0 atom stereocenters. The van der Waals surface area contributed by atoms with E-state index in [2.05, 4.69) is 12.2 Å². The fourth-order valence-corrected chi connectivity index (χ4v) is 2.83. The Balaban J connectivity index is 2.21. The number of methoxy groups -OCH3 is 1. The lowest BCUT2D eigenvalue weighted by molar-refractivity contribution is 0.369. The molecule has 1 aromatic rings. The summed E-state index contributed by atoms with van der Waals surface area (Å²) in [5.74, 6) is 1.18. The van der Waals surface area contributed by atoms with Crippen LogP contribution in [0.1, 0.15) is 30.9 Å². The maximum atomic E-state index is 13.6. The van der Waals surface area contributed by atoms with E-state index in [4.69, 9.17) is 4.74 Å². The topological polar surface area (TPSA) is 21.3 Å². The van der Waals surface area contributed by atoms with Gasteiger partial charge in [0.1, 0.15) is 11.6 Å². The molecule has 0 radical (unpaired) electrons. The van der Waals surface area contributed by atoms with E-state index < -0.39 is 0 Å². The third-order valence-corrected chi connectivity index (χ3v) is 3.81. The Hall–Kier alpha value is -1.09. The first-order chi connectivity index (χ1) is 8.74. The predicted molar refractivity (Wildman–Crippen MR) is 71.6 cm³/mol. The minimum atomic E-state index is -0.187. The van der Waals surface area contributed by atoms with Crippen molar-refractivity contribution in [3.05, 3.63) is 29.1 Å². The van der Waals surface area contributed by atoms with Crippen molar-refractivity contribution >= 4 is 0 Å². The summed E-state index contributed by atoms with van der Waals surface area (Å²) in [5.41, 5.74) is 2.29. The highest BCUT2D eigenvalue weighted by atomic mass is 19.1. The van der Waals surface area contributed by atoms with Gasteiger partial charge in [-0.15, -0.1) is 0 Å². The molecule has 3 heteroatoms. The zero-order valence-corrected chi connectivity index (χ0v) is 11.3. The summed E-state index contributed by atoms with van der Waals surface area (Å²) in [5, 5.41) is 3.36. The van der Waals surface area contributed by atoms with Crippen molar-refractivity contribution in [1.82, 2.24) is 5.32 Å². The molecule has 1 saturated heterocycles. The SMILES string of the molecule is CCc1c(CC2CCNCC2)cc(F)cc1OC. The van der Waals surface area contributed by atoms with Gasteiger partial charge in [0.2, 0.25) is 0 Å². The van der Waals surface area contributed by atoms with Gasteiger partial charge in [-0.1, -0.05) is 6.92 Å². The van der Waals surface area contributed by atoms with E-state index in [1.807, 2.05) is 0 Å². The first kappa shape index (κ1) is 13.3. The molecular formula is C15H22FNO. The summed E-state index contributed by atoms with van der Waals surface area (Å²) in [7, 11) is 1.61. The Morgan fingerprint density at radius 2 is 2.06 bits per heavy atom. The summed E-state index contributed by atoms with van der Waals surface area (Å²) in [4.78, 5) is 0. The smallest absolute Gasteiger partial charge is 0.127 e. The van der Waals surface area contributed by atoms with Crippen LogP contribution < -0.4 is 10.1 Å². The van der Waals surface area contributed by atoms with Gasteiger partial charge < -0.3 is 10.1 Å². The lowest BCUT2D eigenvalue weighted by Gasteiger charge is -2.24. The molecule has 2 nitrogen and oxygen atoms in total. The number of hydrogen-bond donors (Lipinski definition) is 1. The van der Waals surface area contributed by atoms with Crippen molar-refractivity contribution in [2.75, 3.05) is 20.2 Å². The van der Waals surface area contributed by atoms with Gasteiger partial charge in [0.15, 0.2) is 0 Å². The van der Waals surface area contributed by atoms with E-state index >= 15 is 0 Å². The number of halogens is 1. The molecule has 18 heavy (non-hydrogen) atoms. The monoisotopic (exact) mass is 251 g/mol. The van der Waals surface area contributed by atoms with Gasteiger partial charge in [-0.2, -0.15) is 0 Å². The van der Waals surface area contributed by atoms with Crippen LogP contribution in [0.3, 0.4) is 0 Å². The van der Waals surface area contributed by atoms with E-state index in [1.54, 1.807) is 13.2 Å². The lowest BCUT2D eigenvalue weighted by atomic mass is 9.88. The van der Waals surface area contributed by atoms with Crippen molar-refractivity contribution in [3.8, 4) is 5.75 Å². The molecule has 0 unspecified atom stereocenters. The molecule has 1 fully saturated rings. The second kappa shape index (κ2) is 6.19. The molecule has 0 aliphatic carbocycles. The minimum absolute atomic E-state index is 0.187. The van der Waals surface area contributed by atoms with Gasteiger partial charge in [0, 0.05) is 6.07 Å². The quantitative estimate of drug-likeness (QED) is 0.888. The van der Waals surface area contributed by atoms with Gasteiger partial charge in [-0.25, -0.2) is 4.39 Å². The van der Waals surface area contributed by atoms with Crippen LogP contribution in [0.4, 0.5) is 4.39 Å². The molecule has 1 N–H and O–H groups in total. The minimum Gasteiger partial charge on any atom is -0.496 e. The molecule has 0 amide bonds. The average Bonchev–Trinajstić information content (AvgIpc) is 2.39. The van der Waals surface area contributed by atoms with Crippen LogP contribution in [0, 0.1) is 11.7 Å². The predicted octanol–water partition coefficient (Wildman–Crippen LogP) is 2.94. The van der Waals surface area contributed by atoms with Crippen LogP contribution in [0.5, 0.6) is 5.75 Å². The number of ether oxygens (including phenoxy) is 1. The molecule has 0 bridgehead atoms. The molecule has 0 spiro atoms. The van der Waals surface area contributed by atoms with Crippen LogP contribution in [0.25, 0.3) is 0 Å². The molecule has 1 aromatic carbocycles. The van der Waals surface area contributed by atoms with Gasteiger partial charge in [0.25, 0.3) is 0 Å². The van der Waals surface area contributed by atoms with Crippen LogP contribution >= 0.6 is 0 Å². The van der Waals surface area contributed by atoms with Gasteiger partial charge in [-0.05, 0) is 61.9 Å². The number of hydrogen-bond acceptors (Lipinski definition) is 2. The lowest BCUT2D eigenvalue weighted by Crippen LogP contribution is -2.28. The number of nitrogens with one attached hydrogen (secondary N) is 1. The van der Waals surface area contributed by atoms with Crippen molar-refractivity contribution in [2.24, 2.45) is 5.92 Å². The molecule has 2 rings (SSSR count). The fraction of sp³-hybridized carbons (Fsp3) is 0.600. The Bertz CT molecular complexity index is 400. The maximum Gasteiger partial charge on any atom is 0.127 e. The summed E-state index contributed by atoms with van der Waals surface area (Å²) < 4.78 is 18.9. The van der Waals surface area contributed by atoms with Gasteiger partial charge in [0.05, 0.1) is 7.11 Å². The highest BCUT2D eigenvalue weighted by Gasteiger charge is 2.17. The fourth-order valence-electron chi connectivity index (χ4n) is 2.83. The molecule has 0 saturated carbocycles. The maximum absolute atomic E-state index is 13.6. The largest absolute Gasteiger partial charge is 0.496 e. The van der Waals surface area contributed by atoms with E-state index in [9.17, 15) is 4.39 Å². The average molecular weight is 251 g/mol. The molecule has 1 heterocycles. The summed E-state index contributed by atoms with van der Waals surface area (Å²) >= 11 is 0. The summed E-state index contributed by atoms with van der Waals surface area (Å²) in [6.45, 7) is 4.26. The number of rotatable bonds is 4. The van der Waals surface area contributed by atoms with Crippen molar-refractivity contribution in [1.29, 1.82) is 0 Å². The second-order valence-electron chi connectivity index (χ2n) is 5.00. The highest BCUT2D eigenvalue weighted by molar-refractivity contribution is 5.41. The molecular weight excluding hydrogens is 229 g/mol. The molecule has 100 valence electrons. The Morgan fingerprint density at radius 1 is 1.33 bits per heavy atom. The molecule has 1 aliphatic heterocycles.